The minimum atomic E-state index is -3.60. The second-order valence-electron chi connectivity index (χ2n) is 6.76. The normalized spacial score (nSPS) is 13.1. The first kappa shape index (κ1) is 18.9. The van der Waals surface area contributed by atoms with Crippen LogP contribution in [0, 0.1) is 6.92 Å². The molecule has 2 aromatic carbocycles. The highest BCUT2D eigenvalue weighted by atomic mass is 32.2. The van der Waals surface area contributed by atoms with Crippen molar-refractivity contribution in [3.63, 3.8) is 0 Å². The number of thiophene rings is 1. The predicted molar refractivity (Wildman–Crippen MR) is 112 cm³/mol. The third-order valence-corrected chi connectivity index (χ3v) is 7.14. The minimum Gasteiger partial charge on any atom is -0.449 e. The SMILES string of the molecule is Cc1nc(-c2ccc(S(=O)(=O)N[C@H](C)Cc3csc4ccccc34)cc2)co1. The lowest BCUT2D eigenvalue weighted by molar-refractivity contribution is 0.521. The highest BCUT2D eigenvalue weighted by Crippen LogP contribution is 2.27. The van der Waals surface area contributed by atoms with Gasteiger partial charge in [0.15, 0.2) is 5.89 Å². The van der Waals surface area contributed by atoms with Crippen LogP contribution in [0.5, 0.6) is 0 Å². The van der Waals surface area contributed by atoms with Gasteiger partial charge in [0.25, 0.3) is 0 Å². The van der Waals surface area contributed by atoms with Crippen molar-refractivity contribution in [2.75, 3.05) is 0 Å². The molecule has 28 heavy (non-hydrogen) atoms. The maximum atomic E-state index is 12.7. The zero-order valence-corrected chi connectivity index (χ0v) is 17.2. The molecule has 1 atom stereocenters. The summed E-state index contributed by atoms with van der Waals surface area (Å²) in [7, 11) is -3.60. The molecule has 0 unspecified atom stereocenters. The Morgan fingerprint density at radius 1 is 1.14 bits per heavy atom. The van der Waals surface area contributed by atoms with Gasteiger partial charge in [-0.1, -0.05) is 30.3 Å². The molecule has 7 heteroatoms. The molecule has 0 aliphatic carbocycles. The van der Waals surface area contributed by atoms with Gasteiger partial charge >= 0.3 is 0 Å². The van der Waals surface area contributed by atoms with Crippen molar-refractivity contribution < 1.29 is 12.8 Å². The Hall–Kier alpha value is -2.48. The zero-order valence-electron chi connectivity index (χ0n) is 15.5. The summed E-state index contributed by atoms with van der Waals surface area (Å²) in [6.07, 6.45) is 2.20. The zero-order chi connectivity index (χ0) is 19.7. The number of fused-ring (bicyclic) bond motifs is 1. The lowest BCUT2D eigenvalue weighted by Crippen LogP contribution is -2.34. The number of aromatic nitrogens is 1. The second kappa shape index (κ2) is 7.50. The Bertz CT molecular complexity index is 1210. The smallest absolute Gasteiger partial charge is 0.240 e. The number of oxazole rings is 1. The molecule has 5 nitrogen and oxygen atoms in total. The monoisotopic (exact) mass is 412 g/mol. The molecule has 0 spiro atoms. The van der Waals surface area contributed by atoms with Crippen LogP contribution >= 0.6 is 11.3 Å². The number of nitrogens with one attached hydrogen (secondary N) is 1. The van der Waals surface area contributed by atoms with Crippen molar-refractivity contribution in [1.82, 2.24) is 9.71 Å². The summed E-state index contributed by atoms with van der Waals surface area (Å²) in [5.41, 5.74) is 2.66. The van der Waals surface area contributed by atoms with E-state index < -0.39 is 10.0 Å². The molecular formula is C21H20N2O3S2. The Labute approximate surface area is 168 Å². The summed E-state index contributed by atoms with van der Waals surface area (Å²) in [5, 5.41) is 3.29. The average Bonchev–Trinajstić information content (AvgIpc) is 3.28. The van der Waals surface area contributed by atoms with E-state index in [9.17, 15) is 8.42 Å². The summed E-state index contributed by atoms with van der Waals surface area (Å²) < 4.78 is 34.7. The predicted octanol–water partition coefficient (Wildman–Crippen LogP) is 4.77. The molecule has 0 radical (unpaired) electrons. The van der Waals surface area contributed by atoms with Crippen molar-refractivity contribution in [1.29, 1.82) is 0 Å². The Morgan fingerprint density at radius 3 is 2.61 bits per heavy atom. The third-order valence-electron chi connectivity index (χ3n) is 4.52. The van der Waals surface area contributed by atoms with Gasteiger partial charge in [0, 0.05) is 23.2 Å². The van der Waals surface area contributed by atoms with Crippen LogP contribution in [-0.4, -0.2) is 19.4 Å². The van der Waals surface area contributed by atoms with E-state index in [1.54, 1.807) is 48.8 Å². The molecule has 0 amide bonds. The van der Waals surface area contributed by atoms with E-state index in [1.165, 1.54) is 10.1 Å². The highest BCUT2D eigenvalue weighted by Gasteiger charge is 2.19. The van der Waals surface area contributed by atoms with Crippen LogP contribution in [0.1, 0.15) is 18.4 Å². The largest absolute Gasteiger partial charge is 0.449 e. The van der Waals surface area contributed by atoms with Crippen LogP contribution in [0.15, 0.2) is 69.5 Å². The summed E-state index contributed by atoms with van der Waals surface area (Å²) in [4.78, 5) is 4.49. The van der Waals surface area contributed by atoms with Gasteiger partial charge < -0.3 is 4.42 Å². The summed E-state index contributed by atoms with van der Waals surface area (Å²) in [5.74, 6) is 0.572. The number of benzene rings is 2. The van der Waals surface area contributed by atoms with E-state index in [2.05, 4.69) is 27.2 Å². The Morgan fingerprint density at radius 2 is 1.89 bits per heavy atom. The number of hydrogen-bond donors (Lipinski definition) is 1. The molecule has 0 saturated heterocycles. The lowest BCUT2D eigenvalue weighted by Gasteiger charge is -2.14. The molecule has 0 saturated carbocycles. The van der Waals surface area contributed by atoms with Gasteiger partial charge in [-0.2, -0.15) is 0 Å². The Balaban J connectivity index is 1.48. The fraction of sp³-hybridized carbons (Fsp3) is 0.190. The minimum absolute atomic E-state index is 0.221. The molecule has 0 aliphatic rings. The van der Waals surface area contributed by atoms with Crippen LogP contribution in [0.25, 0.3) is 21.3 Å². The van der Waals surface area contributed by atoms with Gasteiger partial charge in [0.05, 0.1) is 4.90 Å². The molecule has 4 rings (SSSR count). The van der Waals surface area contributed by atoms with Gasteiger partial charge in [-0.05, 0) is 47.9 Å². The van der Waals surface area contributed by atoms with Crippen molar-refractivity contribution in [2.24, 2.45) is 0 Å². The first-order chi connectivity index (χ1) is 13.4. The maximum Gasteiger partial charge on any atom is 0.240 e. The van der Waals surface area contributed by atoms with Crippen LogP contribution in [0.4, 0.5) is 0 Å². The van der Waals surface area contributed by atoms with Crippen molar-refractivity contribution in [3.05, 3.63) is 71.6 Å². The fourth-order valence-corrected chi connectivity index (χ4v) is 5.42. The van der Waals surface area contributed by atoms with Crippen LogP contribution < -0.4 is 4.72 Å². The van der Waals surface area contributed by atoms with Gasteiger partial charge in [-0.25, -0.2) is 18.1 Å². The maximum absolute atomic E-state index is 12.7. The van der Waals surface area contributed by atoms with E-state index in [0.717, 1.165) is 11.1 Å². The molecule has 2 aromatic heterocycles. The summed E-state index contributed by atoms with van der Waals surface area (Å²) >= 11 is 1.68. The number of hydrogen-bond acceptors (Lipinski definition) is 5. The third kappa shape index (κ3) is 3.87. The topological polar surface area (TPSA) is 72.2 Å². The van der Waals surface area contributed by atoms with Gasteiger partial charge in [0.1, 0.15) is 12.0 Å². The number of rotatable bonds is 6. The second-order valence-corrected chi connectivity index (χ2v) is 9.38. The quantitative estimate of drug-likeness (QED) is 0.495. The first-order valence-electron chi connectivity index (χ1n) is 8.92. The fourth-order valence-electron chi connectivity index (χ4n) is 3.20. The van der Waals surface area contributed by atoms with Gasteiger partial charge in [0.2, 0.25) is 10.0 Å². The Kier molecular flexibility index (Phi) is 5.05. The molecular weight excluding hydrogens is 392 g/mol. The lowest BCUT2D eigenvalue weighted by atomic mass is 10.1. The van der Waals surface area contributed by atoms with Crippen LogP contribution in [0.3, 0.4) is 0 Å². The van der Waals surface area contributed by atoms with E-state index >= 15 is 0 Å². The van der Waals surface area contributed by atoms with Crippen LogP contribution in [0.2, 0.25) is 0 Å². The molecule has 0 bridgehead atoms. The van der Waals surface area contributed by atoms with Crippen molar-refractivity contribution >= 4 is 31.4 Å². The summed E-state index contributed by atoms with van der Waals surface area (Å²) in [6, 6.07) is 14.6. The van der Waals surface area contributed by atoms with Crippen molar-refractivity contribution in [3.8, 4) is 11.3 Å². The number of aryl methyl sites for hydroxylation is 1. The molecule has 144 valence electrons. The number of nitrogens with zero attached hydrogens (tertiary/aromatic N) is 1. The summed E-state index contributed by atoms with van der Waals surface area (Å²) in [6.45, 7) is 3.65. The van der Waals surface area contributed by atoms with Crippen LogP contribution in [-0.2, 0) is 16.4 Å². The molecule has 1 N–H and O–H groups in total. The molecule has 4 aromatic rings. The number of sulfonamides is 1. The van der Waals surface area contributed by atoms with E-state index in [1.807, 2.05) is 19.1 Å². The van der Waals surface area contributed by atoms with E-state index in [-0.39, 0.29) is 10.9 Å². The molecule has 0 fully saturated rings. The van der Waals surface area contributed by atoms with Crippen molar-refractivity contribution in [2.45, 2.75) is 31.2 Å². The first-order valence-corrected chi connectivity index (χ1v) is 11.3. The van der Waals surface area contributed by atoms with Gasteiger partial charge in [-0.15, -0.1) is 11.3 Å². The molecule has 2 heterocycles. The van der Waals surface area contributed by atoms with E-state index in [0.29, 0.717) is 18.0 Å². The standard InChI is InChI=1S/C21H20N2O3S2/c1-14(11-17-13-27-21-6-4-3-5-19(17)21)23-28(24,25)18-9-7-16(8-10-18)20-12-26-15(2)22-20/h3-10,12-14,23H,11H2,1-2H3/t14-/m1/s1. The van der Waals surface area contributed by atoms with Gasteiger partial charge in [-0.3, -0.25) is 0 Å². The van der Waals surface area contributed by atoms with E-state index in [4.69, 9.17) is 4.42 Å². The molecule has 0 aliphatic heterocycles. The average molecular weight is 413 g/mol. The highest BCUT2D eigenvalue weighted by molar-refractivity contribution is 7.89.